The molecule has 170 valence electrons. The van der Waals surface area contributed by atoms with E-state index in [1.807, 2.05) is 24.3 Å². The maximum absolute atomic E-state index is 12.9. The van der Waals surface area contributed by atoms with Crippen LogP contribution in [-0.2, 0) is 19.2 Å². The summed E-state index contributed by atoms with van der Waals surface area (Å²) in [6, 6.07) is 13.8. The van der Waals surface area contributed by atoms with Gasteiger partial charge >= 0.3 is 5.97 Å². The number of amides is 3. The summed E-state index contributed by atoms with van der Waals surface area (Å²) in [5, 5.41) is 0. The van der Waals surface area contributed by atoms with Crippen LogP contribution in [0.5, 0.6) is 5.75 Å². The van der Waals surface area contributed by atoms with E-state index in [4.69, 9.17) is 4.74 Å². The van der Waals surface area contributed by atoms with Crippen molar-refractivity contribution in [3.63, 3.8) is 0 Å². The first-order valence-electron chi connectivity index (χ1n) is 11.2. The predicted molar refractivity (Wildman–Crippen MR) is 125 cm³/mol. The third-order valence-corrected chi connectivity index (χ3v) is 7.26. The molecule has 1 saturated carbocycles. The number of anilines is 2. The maximum atomic E-state index is 12.9. The van der Waals surface area contributed by atoms with Gasteiger partial charge in [0.1, 0.15) is 5.75 Å². The number of carbonyl (C=O) groups excluding carboxylic acids is 4. The van der Waals surface area contributed by atoms with Crippen molar-refractivity contribution in [2.75, 3.05) is 16.3 Å². The summed E-state index contributed by atoms with van der Waals surface area (Å²) in [6.07, 6.45) is 3.48. The van der Waals surface area contributed by atoms with Crippen molar-refractivity contribution < 1.29 is 23.9 Å². The average molecular weight is 511 g/mol. The molecule has 0 N–H and O–H groups in total. The lowest BCUT2D eigenvalue weighted by Crippen LogP contribution is -2.31. The van der Waals surface area contributed by atoms with Gasteiger partial charge in [-0.2, -0.15) is 0 Å². The summed E-state index contributed by atoms with van der Waals surface area (Å²) in [5.74, 6) is -1.81. The molecule has 0 bridgehead atoms. The maximum Gasteiger partial charge on any atom is 0.316 e. The van der Waals surface area contributed by atoms with Crippen molar-refractivity contribution in [3.8, 4) is 5.75 Å². The number of fused-ring (bicyclic) bond motifs is 1. The van der Waals surface area contributed by atoms with E-state index in [1.54, 1.807) is 29.2 Å². The predicted octanol–water partition coefficient (Wildman–Crippen LogP) is 4.09. The lowest BCUT2D eigenvalue weighted by Gasteiger charge is -2.19. The zero-order valence-electron chi connectivity index (χ0n) is 17.9. The average Bonchev–Trinajstić information content (AvgIpc) is 3.32. The second kappa shape index (κ2) is 8.74. The standard InChI is InChI=1S/C25H23BrN2O5/c26-16-8-10-17(11-9-16)27-14-15(12-22(27)29)25(32)33-19-5-3-4-18(13-19)28-23(30)20-6-1-2-7-21(20)24(28)31/h3-5,8-11,13,15,20-21H,1-2,6-7,12,14H2/t15-,20-,21+/m1/s1. The highest BCUT2D eigenvalue weighted by atomic mass is 79.9. The largest absolute Gasteiger partial charge is 0.426 e. The van der Waals surface area contributed by atoms with E-state index in [9.17, 15) is 19.2 Å². The molecule has 3 aliphatic rings. The smallest absolute Gasteiger partial charge is 0.316 e. The van der Waals surface area contributed by atoms with Gasteiger partial charge in [0.15, 0.2) is 0 Å². The Balaban J connectivity index is 1.29. The molecule has 3 fully saturated rings. The molecule has 2 aromatic rings. The summed E-state index contributed by atoms with van der Waals surface area (Å²) in [6.45, 7) is 0.242. The molecule has 7 nitrogen and oxygen atoms in total. The van der Waals surface area contributed by atoms with Gasteiger partial charge in [0.05, 0.1) is 23.4 Å². The SMILES string of the molecule is O=C(Oc1cccc(N2C(=O)[C@H]3CCCC[C@H]3C2=O)c1)[C@@H]1CC(=O)N(c2ccc(Br)cc2)C1. The first-order valence-corrected chi connectivity index (χ1v) is 12.0. The fourth-order valence-corrected chi connectivity index (χ4v) is 5.30. The van der Waals surface area contributed by atoms with E-state index >= 15 is 0 Å². The minimum atomic E-state index is -0.595. The van der Waals surface area contributed by atoms with E-state index in [0.29, 0.717) is 5.69 Å². The second-order valence-corrected chi connectivity index (χ2v) is 9.73. The Labute approximate surface area is 199 Å². The van der Waals surface area contributed by atoms with Crippen molar-refractivity contribution in [2.24, 2.45) is 17.8 Å². The van der Waals surface area contributed by atoms with E-state index < -0.39 is 11.9 Å². The van der Waals surface area contributed by atoms with Crippen molar-refractivity contribution in [1.29, 1.82) is 0 Å². The number of hydrogen-bond acceptors (Lipinski definition) is 5. The number of ether oxygens (including phenoxy) is 1. The van der Waals surface area contributed by atoms with Crippen LogP contribution in [0.2, 0.25) is 0 Å². The Kier molecular flexibility index (Phi) is 5.78. The molecule has 1 aliphatic carbocycles. The molecular weight excluding hydrogens is 488 g/mol. The van der Waals surface area contributed by atoms with E-state index in [-0.39, 0.29) is 48.3 Å². The molecule has 0 spiro atoms. The normalized spacial score (nSPS) is 24.9. The van der Waals surface area contributed by atoms with Gasteiger partial charge in [-0.15, -0.1) is 0 Å². The Bertz CT molecular complexity index is 1110. The summed E-state index contributed by atoms with van der Waals surface area (Å²) in [4.78, 5) is 53.8. The second-order valence-electron chi connectivity index (χ2n) is 8.81. The molecule has 2 aliphatic heterocycles. The Morgan fingerprint density at radius 3 is 2.24 bits per heavy atom. The van der Waals surface area contributed by atoms with Crippen LogP contribution in [0.15, 0.2) is 53.0 Å². The van der Waals surface area contributed by atoms with Crippen LogP contribution in [0.25, 0.3) is 0 Å². The number of rotatable bonds is 4. The highest BCUT2D eigenvalue weighted by Crippen LogP contribution is 2.40. The number of nitrogens with zero attached hydrogens (tertiary/aromatic N) is 2. The number of carbonyl (C=O) groups is 4. The molecule has 2 heterocycles. The first kappa shape index (κ1) is 21.8. The lowest BCUT2D eigenvalue weighted by molar-refractivity contribution is -0.139. The van der Waals surface area contributed by atoms with Gasteiger partial charge in [-0.05, 0) is 49.2 Å². The molecule has 0 aromatic heterocycles. The minimum absolute atomic E-state index is 0.0705. The molecule has 3 amide bonds. The van der Waals surface area contributed by atoms with Crippen LogP contribution in [-0.4, -0.2) is 30.2 Å². The van der Waals surface area contributed by atoms with Gasteiger partial charge in [-0.1, -0.05) is 34.8 Å². The number of halogens is 1. The summed E-state index contributed by atoms with van der Waals surface area (Å²) in [5.41, 5.74) is 1.15. The molecule has 3 atom stereocenters. The fourth-order valence-electron chi connectivity index (χ4n) is 5.04. The number of benzene rings is 2. The van der Waals surface area contributed by atoms with Crippen LogP contribution in [0.1, 0.15) is 32.1 Å². The summed E-state index contributed by atoms with van der Waals surface area (Å²) >= 11 is 3.37. The molecular formula is C25H23BrN2O5. The monoisotopic (exact) mass is 510 g/mol. The van der Waals surface area contributed by atoms with Gasteiger partial charge in [0.25, 0.3) is 0 Å². The first-order chi connectivity index (χ1) is 15.9. The van der Waals surface area contributed by atoms with E-state index in [0.717, 1.165) is 35.8 Å². The van der Waals surface area contributed by atoms with Crippen molar-refractivity contribution in [1.82, 2.24) is 0 Å². The van der Waals surface area contributed by atoms with Crippen molar-refractivity contribution >= 4 is 51.0 Å². The molecule has 8 heteroatoms. The van der Waals surface area contributed by atoms with Crippen LogP contribution in [0.4, 0.5) is 11.4 Å². The van der Waals surface area contributed by atoms with Crippen LogP contribution >= 0.6 is 15.9 Å². The third-order valence-electron chi connectivity index (χ3n) is 6.73. The van der Waals surface area contributed by atoms with Gasteiger partial charge in [0, 0.05) is 29.2 Å². The quantitative estimate of drug-likeness (QED) is 0.351. The summed E-state index contributed by atoms with van der Waals surface area (Å²) in [7, 11) is 0. The highest BCUT2D eigenvalue weighted by Gasteiger charge is 2.48. The van der Waals surface area contributed by atoms with Gasteiger partial charge in [-0.25, -0.2) is 4.90 Å². The number of imide groups is 1. The number of esters is 1. The minimum Gasteiger partial charge on any atom is -0.426 e. The zero-order chi connectivity index (χ0) is 23.1. The number of hydrogen-bond donors (Lipinski definition) is 0. The van der Waals surface area contributed by atoms with Crippen LogP contribution in [0, 0.1) is 17.8 Å². The lowest BCUT2D eigenvalue weighted by atomic mass is 9.81. The fraction of sp³-hybridized carbons (Fsp3) is 0.360. The van der Waals surface area contributed by atoms with Crippen molar-refractivity contribution in [2.45, 2.75) is 32.1 Å². The Hall–Kier alpha value is -3.00. The molecule has 0 radical (unpaired) electrons. The van der Waals surface area contributed by atoms with E-state index in [1.165, 1.54) is 4.90 Å². The molecule has 0 unspecified atom stereocenters. The van der Waals surface area contributed by atoms with Crippen LogP contribution < -0.4 is 14.5 Å². The van der Waals surface area contributed by atoms with E-state index in [2.05, 4.69) is 15.9 Å². The topological polar surface area (TPSA) is 84.0 Å². The zero-order valence-corrected chi connectivity index (χ0v) is 19.5. The molecule has 33 heavy (non-hydrogen) atoms. The van der Waals surface area contributed by atoms with Gasteiger partial charge < -0.3 is 9.64 Å². The Morgan fingerprint density at radius 1 is 0.909 bits per heavy atom. The molecule has 2 aromatic carbocycles. The molecule has 2 saturated heterocycles. The van der Waals surface area contributed by atoms with Crippen LogP contribution in [0.3, 0.4) is 0 Å². The third kappa shape index (κ3) is 4.08. The van der Waals surface area contributed by atoms with Gasteiger partial charge in [0.2, 0.25) is 17.7 Å². The van der Waals surface area contributed by atoms with Crippen molar-refractivity contribution in [3.05, 3.63) is 53.0 Å². The van der Waals surface area contributed by atoms with Gasteiger partial charge in [-0.3, -0.25) is 19.2 Å². The summed E-state index contributed by atoms with van der Waals surface area (Å²) < 4.78 is 6.47. The molecule has 5 rings (SSSR count). The Morgan fingerprint density at radius 2 is 1.58 bits per heavy atom. The highest BCUT2D eigenvalue weighted by molar-refractivity contribution is 9.10.